The van der Waals surface area contributed by atoms with Gasteiger partial charge in [0.2, 0.25) is 11.8 Å². The average Bonchev–Trinajstić information content (AvgIpc) is 2.86. The van der Waals surface area contributed by atoms with Crippen LogP contribution in [-0.2, 0) is 22.4 Å². The number of carbonyl (C=O) groups excluding carboxylic acids is 2. The molecule has 1 heterocycles. The molecule has 0 aromatic heterocycles. The number of rotatable bonds is 4. The number of benzene rings is 2. The van der Waals surface area contributed by atoms with Crippen LogP contribution in [-0.4, -0.2) is 18.9 Å². The van der Waals surface area contributed by atoms with E-state index in [0.29, 0.717) is 22.9 Å². The van der Waals surface area contributed by atoms with Gasteiger partial charge in [-0.1, -0.05) is 23.7 Å². The van der Waals surface area contributed by atoms with Crippen LogP contribution in [0.15, 0.2) is 36.4 Å². The van der Waals surface area contributed by atoms with E-state index in [9.17, 15) is 9.59 Å². The largest absolute Gasteiger partial charge is 0.495 e. The summed E-state index contributed by atoms with van der Waals surface area (Å²) in [5, 5.41) is 6.00. The van der Waals surface area contributed by atoms with Gasteiger partial charge in [0.25, 0.3) is 0 Å². The zero-order chi connectivity index (χ0) is 16.4. The number of methoxy groups -OCH3 is 1. The van der Waals surface area contributed by atoms with Gasteiger partial charge in [0, 0.05) is 11.4 Å². The molecular weight excluding hydrogens is 316 g/mol. The molecule has 0 radical (unpaired) electrons. The highest BCUT2D eigenvalue weighted by molar-refractivity contribution is 6.32. The molecule has 118 valence electrons. The van der Waals surface area contributed by atoms with Crippen LogP contribution < -0.4 is 15.4 Å². The fourth-order valence-electron chi connectivity index (χ4n) is 2.53. The van der Waals surface area contributed by atoms with E-state index in [4.69, 9.17) is 16.3 Å². The second-order valence-corrected chi connectivity index (χ2v) is 5.70. The molecule has 0 unspecified atom stereocenters. The molecule has 5 nitrogen and oxygen atoms in total. The average molecular weight is 331 g/mol. The summed E-state index contributed by atoms with van der Waals surface area (Å²) < 4.78 is 5.07. The van der Waals surface area contributed by atoms with Crippen LogP contribution in [0.25, 0.3) is 0 Å². The van der Waals surface area contributed by atoms with Crippen molar-refractivity contribution < 1.29 is 14.3 Å². The molecule has 0 spiro atoms. The fraction of sp³-hybridized carbons (Fsp3) is 0.176. The quantitative estimate of drug-likeness (QED) is 0.905. The first-order chi connectivity index (χ1) is 11.0. The molecule has 0 fully saturated rings. The molecule has 0 atom stereocenters. The summed E-state index contributed by atoms with van der Waals surface area (Å²) in [5.41, 5.74) is 3.21. The van der Waals surface area contributed by atoms with Crippen LogP contribution >= 0.6 is 11.6 Å². The van der Waals surface area contributed by atoms with Crippen molar-refractivity contribution >= 4 is 34.8 Å². The van der Waals surface area contributed by atoms with Crippen LogP contribution in [0.4, 0.5) is 11.4 Å². The molecule has 3 rings (SSSR count). The standard InChI is InChI=1S/C17H15ClN2O3/c1-23-15-5-3-12(9-13(15)18)19-16(21)7-10-2-4-14-11(6-10)8-17(22)20-14/h2-6,9H,7-8H2,1H3,(H,19,21)(H,20,22). The number of amides is 2. The van der Waals surface area contributed by atoms with E-state index in [1.165, 1.54) is 7.11 Å². The molecule has 2 aromatic carbocycles. The predicted octanol–water partition coefficient (Wildman–Crippen LogP) is 3.02. The summed E-state index contributed by atoms with van der Waals surface area (Å²) in [6, 6.07) is 10.6. The Bertz CT molecular complexity index is 789. The van der Waals surface area contributed by atoms with Crippen LogP contribution in [0.2, 0.25) is 5.02 Å². The first kappa shape index (κ1) is 15.4. The zero-order valence-electron chi connectivity index (χ0n) is 12.5. The van der Waals surface area contributed by atoms with Crippen LogP contribution in [0.1, 0.15) is 11.1 Å². The first-order valence-corrected chi connectivity index (χ1v) is 7.48. The van der Waals surface area contributed by atoms with Gasteiger partial charge in [-0.3, -0.25) is 9.59 Å². The van der Waals surface area contributed by atoms with Crippen LogP contribution in [0, 0.1) is 0 Å². The molecule has 0 bridgehead atoms. The second-order valence-electron chi connectivity index (χ2n) is 5.29. The highest BCUT2D eigenvalue weighted by Crippen LogP contribution is 2.27. The molecule has 2 amide bonds. The van der Waals surface area contributed by atoms with E-state index >= 15 is 0 Å². The third-order valence-electron chi connectivity index (χ3n) is 3.59. The minimum atomic E-state index is -0.150. The Labute approximate surface area is 138 Å². The molecule has 2 aromatic rings. The molecule has 23 heavy (non-hydrogen) atoms. The maximum Gasteiger partial charge on any atom is 0.228 e. The van der Waals surface area contributed by atoms with Crippen molar-refractivity contribution in [1.29, 1.82) is 0 Å². The first-order valence-electron chi connectivity index (χ1n) is 7.10. The summed E-state index contributed by atoms with van der Waals surface area (Å²) in [4.78, 5) is 23.5. The number of fused-ring (bicyclic) bond motifs is 1. The summed E-state index contributed by atoms with van der Waals surface area (Å²) in [7, 11) is 1.53. The van der Waals surface area contributed by atoms with Crippen molar-refractivity contribution in [3.63, 3.8) is 0 Å². The minimum Gasteiger partial charge on any atom is -0.495 e. The van der Waals surface area contributed by atoms with Crippen molar-refractivity contribution in [1.82, 2.24) is 0 Å². The van der Waals surface area contributed by atoms with E-state index in [1.54, 1.807) is 18.2 Å². The smallest absolute Gasteiger partial charge is 0.228 e. The van der Waals surface area contributed by atoms with Gasteiger partial charge in [-0.15, -0.1) is 0 Å². The molecule has 1 aliphatic rings. The topological polar surface area (TPSA) is 67.4 Å². The van der Waals surface area contributed by atoms with Crippen molar-refractivity contribution in [3.05, 3.63) is 52.5 Å². The Hall–Kier alpha value is -2.53. The monoisotopic (exact) mass is 330 g/mol. The normalized spacial score (nSPS) is 12.5. The van der Waals surface area contributed by atoms with Gasteiger partial charge < -0.3 is 15.4 Å². The van der Waals surface area contributed by atoms with E-state index in [1.807, 2.05) is 18.2 Å². The van der Waals surface area contributed by atoms with Crippen molar-refractivity contribution in [2.45, 2.75) is 12.8 Å². The maximum atomic E-state index is 12.1. The van der Waals surface area contributed by atoms with E-state index < -0.39 is 0 Å². The zero-order valence-corrected chi connectivity index (χ0v) is 13.2. The predicted molar refractivity (Wildman–Crippen MR) is 89.1 cm³/mol. The van der Waals surface area contributed by atoms with Crippen LogP contribution in [0.3, 0.4) is 0 Å². The van der Waals surface area contributed by atoms with Gasteiger partial charge in [-0.2, -0.15) is 0 Å². The molecular formula is C17H15ClN2O3. The van der Waals surface area contributed by atoms with Crippen LogP contribution in [0.5, 0.6) is 5.75 Å². The van der Waals surface area contributed by atoms with Gasteiger partial charge in [0.1, 0.15) is 5.75 Å². The number of carbonyl (C=O) groups is 2. The molecule has 2 N–H and O–H groups in total. The molecule has 0 saturated heterocycles. The molecule has 0 aliphatic carbocycles. The van der Waals surface area contributed by atoms with E-state index in [2.05, 4.69) is 10.6 Å². The van der Waals surface area contributed by atoms with Gasteiger partial charge >= 0.3 is 0 Å². The third kappa shape index (κ3) is 3.46. The Morgan fingerprint density at radius 3 is 2.87 bits per heavy atom. The lowest BCUT2D eigenvalue weighted by atomic mass is 10.1. The number of hydrogen-bond acceptors (Lipinski definition) is 3. The second kappa shape index (κ2) is 6.30. The lowest BCUT2D eigenvalue weighted by Crippen LogP contribution is -2.14. The SMILES string of the molecule is COc1ccc(NC(=O)Cc2ccc3c(c2)CC(=O)N3)cc1Cl. The fourth-order valence-corrected chi connectivity index (χ4v) is 2.79. The summed E-state index contributed by atoms with van der Waals surface area (Å²) in [6.07, 6.45) is 0.587. The van der Waals surface area contributed by atoms with Gasteiger partial charge in [0.05, 0.1) is 25.0 Å². The molecule has 1 aliphatic heterocycles. The number of hydrogen-bond donors (Lipinski definition) is 2. The summed E-state index contributed by atoms with van der Waals surface area (Å²) in [6.45, 7) is 0. The highest BCUT2D eigenvalue weighted by Gasteiger charge is 2.18. The van der Waals surface area contributed by atoms with Gasteiger partial charge in [-0.25, -0.2) is 0 Å². The lowest BCUT2D eigenvalue weighted by Gasteiger charge is -2.09. The number of ether oxygens (including phenoxy) is 1. The lowest BCUT2D eigenvalue weighted by molar-refractivity contribution is -0.116. The number of anilines is 2. The summed E-state index contributed by atoms with van der Waals surface area (Å²) >= 11 is 6.04. The molecule has 6 heteroatoms. The Morgan fingerprint density at radius 1 is 1.30 bits per heavy atom. The van der Waals surface area contributed by atoms with Gasteiger partial charge in [0.15, 0.2) is 0 Å². The Balaban J connectivity index is 1.67. The Kier molecular flexibility index (Phi) is 4.21. The number of nitrogens with one attached hydrogen (secondary N) is 2. The minimum absolute atomic E-state index is 0.0190. The molecule has 0 saturated carbocycles. The highest BCUT2D eigenvalue weighted by atomic mass is 35.5. The Morgan fingerprint density at radius 2 is 2.13 bits per heavy atom. The van der Waals surface area contributed by atoms with Crippen molar-refractivity contribution in [2.75, 3.05) is 17.7 Å². The van der Waals surface area contributed by atoms with E-state index in [-0.39, 0.29) is 18.2 Å². The maximum absolute atomic E-state index is 12.1. The van der Waals surface area contributed by atoms with Crippen molar-refractivity contribution in [2.24, 2.45) is 0 Å². The third-order valence-corrected chi connectivity index (χ3v) is 3.89. The summed E-state index contributed by atoms with van der Waals surface area (Å²) in [5.74, 6) is 0.387. The van der Waals surface area contributed by atoms with Crippen molar-refractivity contribution in [3.8, 4) is 5.75 Å². The van der Waals surface area contributed by atoms with Gasteiger partial charge in [-0.05, 0) is 35.4 Å². The number of halogens is 1. The van der Waals surface area contributed by atoms with E-state index in [0.717, 1.165) is 16.8 Å².